The molecule has 0 bridgehead atoms. The predicted molar refractivity (Wildman–Crippen MR) is 166 cm³/mol. The second-order valence-electron chi connectivity index (χ2n) is 11.9. The van der Waals surface area contributed by atoms with Crippen LogP contribution in [-0.2, 0) is 20.0 Å². The van der Waals surface area contributed by atoms with E-state index in [1.54, 1.807) is 14.0 Å². The monoisotopic (exact) mass is 1010 g/mol. The molecule has 0 atom stereocenters. The summed E-state index contributed by atoms with van der Waals surface area (Å²) in [6.45, 7) is 1.01. The molecule has 0 spiro atoms. The van der Waals surface area contributed by atoms with Crippen molar-refractivity contribution in [3.8, 4) is 0 Å². The standard InChI is InChI=1S/C12H18F9N2O2S.C9H11F9N2O2S.C3H7Br.BrH/c1-3-6-23(2)7-4-22(5-8-23)26(24,25)12(20,21)10(15,16)9(13,14)11(17,18)19;1-19-2-4-20(5-3-19)23(21,22)9(17,18)7(12,13)6(10,11)8(14,15)16;1-2-3-4;/h3-8H2,1-2H3;2-5H2,1H3;2-3H2,1H3;1H/q+1;;;. The van der Waals surface area contributed by atoms with Crippen molar-refractivity contribution in [1.29, 1.82) is 0 Å². The van der Waals surface area contributed by atoms with Crippen LogP contribution >= 0.6 is 32.9 Å². The van der Waals surface area contributed by atoms with E-state index in [0.717, 1.165) is 5.33 Å². The number of likely N-dealkylation sites (N-methyl/N-ethyl adjacent to an activating group) is 2. The van der Waals surface area contributed by atoms with Crippen molar-refractivity contribution in [2.24, 2.45) is 0 Å². The second-order valence-corrected chi connectivity index (χ2v) is 16.7. The molecule has 2 aliphatic rings. The zero-order chi connectivity index (χ0) is 42.7. The number of nitrogens with zero attached hydrogens (tertiary/aromatic N) is 4. The lowest BCUT2D eigenvalue weighted by atomic mass is 10.1. The minimum atomic E-state index is -7.24. The van der Waals surface area contributed by atoms with Crippen LogP contribution in [0.1, 0.15) is 26.7 Å². The molecule has 54 heavy (non-hydrogen) atoms. The fourth-order valence-electron chi connectivity index (χ4n) is 4.33. The molecule has 8 nitrogen and oxygen atoms in total. The molecule has 328 valence electrons. The summed E-state index contributed by atoms with van der Waals surface area (Å²) in [5.74, 6) is -28.8. The molecule has 0 saturated carbocycles. The van der Waals surface area contributed by atoms with Gasteiger partial charge < -0.3 is 9.38 Å². The maximum atomic E-state index is 13.8. The van der Waals surface area contributed by atoms with Gasteiger partial charge in [0.25, 0.3) is 20.0 Å². The molecule has 0 unspecified atom stereocenters. The molecular formula is C24H37Br2F18N4O4S2+. The summed E-state index contributed by atoms with van der Waals surface area (Å²) in [6.07, 6.45) is -12.2. The Morgan fingerprint density at radius 1 is 0.537 bits per heavy atom. The third kappa shape index (κ3) is 10.7. The maximum absolute atomic E-state index is 13.8. The molecule has 2 heterocycles. The van der Waals surface area contributed by atoms with Gasteiger partial charge in [0.2, 0.25) is 0 Å². The summed E-state index contributed by atoms with van der Waals surface area (Å²) in [5.41, 5.74) is 0. The first-order chi connectivity index (χ1) is 23.3. The van der Waals surface area contributed by atoms with E-state index < -0.39 is 92.8 Å². The number of piperazine rings is 2. The summed E-state index contributed by atoms with van der Waals surface area (Å²) >= 11 is 3.25. The van der Waals surface area contributed by atoms with Crippen LogP contribution in [0.3, 0.4) is 0 Å². The summed E-state index contributed by atoms with van der Waals surface area (Å²) in [7, 11) is -9.82. The summed E-state index contributed by atoms with van der Waals surface area (Å²) in [4.78, 5) is 1.42. The lowest BCUT2D eigenvalue weighted by Gasteiger charge is -2.43. The largest absolute Gasteiger partial charge is 0.460 e. The summed E-state index contributed by atoms with van der Waals surface area (Å²) < 4.78 is 277. The number of rotatable bonds is 11. The van der Waals surface area contributed by atoms with Gasteiger partial charge >= 0.3 is 46.6 Å². The number of quaternary nitrogens is 1. The molecule has 2 aliphatic heterocycles. The van der Waals surface area contributed by atoms with Crippen LogP contribution in [0.5, 0.6) is 0 Å². The topological polar surface area (TPSA) is 78.0 Å². The highest BCUT2D eigenvalue weighted by Gasteiger charge is 2.87. The first-order valence-corrected chi connectivity index (χ1v) is 18.8. The second kappa shape index (κ2) is 18.6. The third-order valence-corrected chi connectivity index (χ3v) is 12.4. The first kappa shape index (κ1) is 55.5. The van der Waals surface area contributed by atoms with Crippen LogP contribution in [0.25, 0.3) is 0 Å². The zero-order valence-electron chi connectivity index (χ0n) is 28.3. The van der Waals surface area contributed by atoms with Crippen LogP contribution in [0.15, 0.2) is 0 Å². The van der Waals surface area contributed by atoms with E-state index in [1.807, 2.05) is 0 Å². The summed E-state index contributed by atoms with van der Waals surface area (Å²) in [5, 5.41) is -12.2. The van der Waals surface area contributed by atoms with Crippen molar-refractivity contribution in [2.45, 2.75) is 73.2 Å². The van der Waals surface area contributed by atoms with Gasteiger partial charge in [-0.05, 0) is 19.9 Å². The van der Waals surface area contributed by atoms with Gasteiger partial charge in [0.15, 0.2) is 0 Å². The Morgan fingerprint density at radius 3 is 1.06 bits per heavy atom. The van der Waals surface area contributed by atoms with Gasteiger partial charge in [-0.2, -0.15) is 87.6 Å². The van der Waals surface area contributed by atoms with Crippen molar-refractivity contribution in [2.75, 3.05) is 78.3 Å². The molecule has 30 heteroatoms. The number of hydrogen-bond acceptors (Lipinski definition) is 5. The third-order valence-electron chi connectivity index (χ3n) is 7.75. The van der Waals surface area contributed by atoms with Crippen LogP contribution < -0.4 is 0 Å². The predicted octanol–water partition coefficient (Wildman–Crippen LogP) is 7.27. The Labute approximate surface area is 317 Å². The van der Waals surface area contributed by atoms with Crippen molar-refractivity contribution in [3.63, 3.8) is 0 Å². The van der Waals surface area contributed by atoms with Crippen molar-refractivity contribution in [3.05, 3.63) is 0 Å². The van der Waals surface area contributed by atoms with E-state index in [4.69, 9.17) is 0 Å². The Morgan fingerprint density at radius 2 is 0.815 bits per heavy atom. The van der Waals surface area contributed by atoms with E-state index in [1.165, 1.54) is 18.4 Å². The smallest absolute Gasteiger partial charge is 0.324 e. The fraction of sp³-hybridized carbons (Fsp3) is 1.00. The van der Waals surface area contributed by atoms with Crippen molar-refractivity contribution in [1.82, 2.24) is 13.5 Å². The van der Waals surface area contributed by atoms with Gasteiger partial charge in [0.05, 0.1) is 39.8 Å². The molecule has 0 aromatic rings. The molecule has 0 N–H and O–H groups in total. The van der Waals surface area contributed by atoms with Crippen LogP contribution in [0.4, 0.5) is 79.0 Å². The molecule has 2 saturated heterocycles. The number of sulfonamides is 2. The fourth-order valence-corrected chi connectivity index (χ4v) is 7.17. The quantitative estimate of drug-likeness (QED) is 0.124. The average molecular weight is 1010 g/mol. The Balaban J connectivity index is 0. The van der Waals surface area contributed by atoms with Gasteiger partial charge in [-0.25, -0.2) is 16.8 Å². The summed E-state index contributed by atoms with van der Waals surface area (Å²) in [6, 6.07) is 0. The highest BCUT2D eigenvalue weighted by atomic mass is 79.9. The Bertz CT molecular complexity index is 1400. The maximum Gasteiger partial charge on any atom is 0.460 e. The molecule has 0 radical (unpaired) electrons. The van der Waals surface area contributed by atoms with Crippen LogP contribution in [0, 0.1) is 0 Å². The van der Waals surface area contributed by atoms with Crippen molar-refractivity contribution < 1.29 is 100 Å². The number of alkyl halides is 19. The number of halogens is 20. The molecule has 0 aliphatic carbocycles. The van der Waals surface area contributed by atoms with Crippen LogP contribution in [0.2, 0.25) is 0 Å². The van der Waals surface area contributed by atoms with Gasteiger partial charge in [-0.1, -0.05) is 29.8 Å². The number of hydrogen-bond donors (Lipinski definition) is 0. The van der Waals surface area contributed by atoms with Gasteiger partial charge in [0.1, 0.15) is 0 Å². The van der Waals surface area contributed by atoms with Crippen LogP contribution in [-0.4, -0.2) is 160 Å². The molecule has 2 rings (SSSR count). The van der Waals surface area contributed by atoms with Gasteiger partial charge in [0, 0.05) is 31.5 Å². The molecule has 0 aromatic carbocycles. The van der Waals surface area contributed by atoms with Gasteiger partial charge in [-0.15, -0.1) is 17.0 Å². The first-order valence-electron chi connectivity index (χ1n) is 14.8. The minimum Gasteiger partial charge on any atom is -0.324 e. The normalized spacial score (nSPS) is 19.5. The lowest BCUT2D eigenvalue weighted by molar-refractivity contribution is -0.912. The van der Waals surface area contributed by atoms with E-state index in [9.17, 15) is 95.9 Å². The lowest BCUT2D eigenvalue weighted by Crippen LogP contribution is -2.67. The Kier molecular flexibility index (Phi) is 19.1. The van der Waals surface area contributed by atoms with E-state index >= 15 is 0 Å². The molecular weight excluding hydrogens is 974 g/mol. The SMILES string of the molecule is Br.CCCBr.CCC[N+]1(C)CCN(S(=O)(=O)C(F)(F)C(F)(F)C(F)(F)C(F)(F)F)CC1.CN1CCN(S(=O)(=O)C(F)(F)C(F)(F)C(F)(F)C(F)(F)F)CC1. The molecule has 0 amide bonds. The van der Waals surface area contributed by atoms with Gasteiger partial charge in [-0.3, -0.25) is 0 Å². The van der Waals surface area contributed by atoms with E-state index in [-0.39, 0.29) is 56.3 Å². The molecule has 2 fully saturated rings. The minimum absolute atomic E-state index is 0. The van der Waals surface area contributed by atoms with E-state index in [2.05, 4.69) is 22.9 Å². The van der Waals surface area contributed by atoms with Crippen molar-refractivity contribution >= 4 is 53.0 Å². The average Bonchev–Trinajstić information content (AvgIpc) is 3.00. The molecule has 0 aromatic heterocycles. The van der Waals surface area contributed by atoms with E-state index in [0.29, 0.717) is 13.0 Å². The highest BCUT2D eigenvalue weighted by Crippen LogP contribution is 2.56. The Hall–Kier alpha value is -0.560. The highest BCUT2D eigenvalue weighted by molar-refractivity contribution is 9.09. The zero-order valence-corrected chi connectivity index (χ0v) is 33.2.